The minimum atomic E-state index is 0.651. The molecule has 0 amide bonds. The molecule has 0 fully saturated rings. The SMILES string of the molecule is c1ccc(-c2cc(-c3ccccc3)nc(-n3c4cc5c(ccn5-c5ccccc5)cc4c4c5ccccc5ccc43)n2)cc1. The molecule has 206 valence electrons. The van der Waals surface area contributed by atoms with E-state index in [1.807, 2.05) is 12.1 Å². The van der Waals surface area contributed by atoms with Crippen LogP contribution in [-0.2, 0) is 0 Å². The molecule has 44 heavy (non-hydrogen) atoms. The third-order valence-corrected chi connectivity index (χ3v) is 8.55. The molecule has 0 spiro atoms. The van der Waals surface area contributed by atoms with E-state index in [1.54, 1.807) is 0 Å². The maximum Gasteiger partial charge on any atom is 0.235 e. The third-order valence-electron chi connectivity index (χ3n) is 8.55. The molecule has 0 saturated heterocycles. The number of para-hydroxylation sites is 1. The van der Waals surface area contributed by atoms with Crippen LogP contribution in [0.3, 0.4) is 0 Å². The number of hydrogen-bond donors (Lipinski definition) is 0. The van der Waals surface area contributed by atoms with Crippen LogP contribution in [-0.4, -0.2) is 19.1 Å². The summed E-state index contributed by atoms with van der Waals surface area (Å²) in [5.41, 5.74) is 8.31. The maximum atomic E-state index is 5.25. The Morgan fingerprint density at radius 3 is 1.77 bits per heavy atom. The van der Waals surface area contributed by atoms with E-state index in [0.29, 0.717) is 5.95 Å². The average molecular weight is 563 g/mol. The fourth-order valence-corrected chi connectivity index (χ4v) is 6.49. The summed E-state index contributed by atoms with van der Waals surface area (Å²) in [6.07, 6.45) is 2.16. The normalized spacial score (nSPS) is 11.6. The predicted octanol–water partition coefficient (Wildman–Crippen LogP) is 10.0. The lowest BCUT2D eigenvalue weighted by Gasteiger charge is -2.12. The summed E-state index contributed by atoms with van der Waals surface area (Å²) in [6.45, 7) is 0. The van der Waals surface area contributed by atoms with Crippen molar-refractivity contribution in [2.45, 2.75) is 0 Å². The summed E-state index contributed by atoms with van der Waals surface area (Å²) in [7, 11) is 0. The van der Waals surface area contributed by atoms with Gasteiger partial charge in [0.2, 0.25) is 5.95 Å². The first kappa shape index (κ1) is 24.6. The van der Waals surface area contributed by atoms with Crippen molar-refractivity contribution in [2.75, 3.05) is 0 Å². The van der Waals surface area contributed by atoms with Gasteiger partial charge in [-0.2, -0.15) is 0 Å². The molecule has 0 aliphatic carbocycles. The highest BCUT2D eigenvalue weighted by molar-refractivity contribution is 6.23. The van der Waals surface area contributed by atoms with Crippen molar-refractivity contribution < 1.29 is 0 Å². The van der Waals surface area contributed by atoms with E-state index < -0.39 is 0 Å². The Labute approximate surface area is 254 Å². The van der Waals surface area contributed by atoms with Gasteiger partial charge >= 0.3 is 0 Å². The lowest BCUT2D eigenvalue weighted by atomic mass is 10.0. The number of aromatic nitrogens is 4. The molecule has 4 nitrogen and oxygen atoms in total. The van der Waals surface area contributed by atoms with Gasteiger partial charge in [-0.25, -0.2) is 9.97 Å². The van der Waals surface area contributed by atoms with E-state index >= 15 is 0 Å². The van der Waals surface area contributed by atoms with Gasteiger partial charge < -0.3 is 4.57 Å². The number of benzene rings is 6. The van der Waals surface area contributed by atoms with Crippen LogP contribution in [0.25, 0.3) is 77.6 Å². The predicted molar refractivity (Wildman–Crippen MR) is 182 cm³/mol. The van der Waals surface area contributed by atoms with Gasteiger partial charge in [-0.3, -0.25) is 4.57 Å². The highest BCUT2D eigenvalue weighted by atomic mass is 15.2. The quantitative estimate of drug-likeness (QED) is 0.214. The van der Waals surface area contributed by atoms with E-state index in [4.69, 9.17) is 9.97 Å². The fraction of sp³-hybridized carbons (Fsp3) is 0. The zero-order chi connectivity index (χ0) is 29.0. The standard InChI is InChI=1S/C40H26N4/c1-4-13-28(14-5-1)34-25-35(29-15-6-2-7-16-29)42-40(41-34)44-36-21-20-27-12-10-11-19-32(27)39(36)33-24-30-22-23-43(37(30)26-38(33)44)31-17-8-3-9-18-31/h1-26H. The zero-order valence-corrected chi connectivity index (χ0v) is 23.8. The second kappa shape index (κ2) is 9.79. The highest BCUT2D eigenvalue weighted by Crippen LogP contribution is 2.39. The lowest BCUT2D eigenvalue weighted by molar-refractivity contribution is 0.996. The monoisotopic (exact) mass is 562 g/mol. The minimum Gasteiger partial charge on any atom is -0.316 e. The Kier molecular flexibility index (Phi) is 5.47. The molecule has 9 rings (SSSR count). The van der Waals surface area contributed by atoms with Gasteiger partial charge in [0, 0.05) is 39.2 Å². The highest BCUT2D eigenvalue weighted by Gasteiger charge is 2.20. The molecule has 0 aliphatic heterocycles. The number of fused-ring (bicyclic) bond motifs is 6. The van der Waals surface area contributed by atoms with Crippen molar-refractivity contribution >= 4 is 43.5 Å². The molecule has 4 heteroatoms. The third kappa shape index (κ3) is 3.85. The van der Waals surface area contributed by atoms with Crippen LogP contribution in [0.4, 0.5) is 0 Å². The van der Waals surface area contributed by atoms with Crippen LogP contribution in [0.15, 0.2) is 158 Å². The molecule has 0 atom stereocenters. The van der Waals surface area contributed by atoms with Crippen LogP contribution in [0.5, 0.6) is 0 Å². The Bertz CT molecular complexity index is 2420. The molecule has 3 aromatic heterocycles. The van der Waals surface area contributed by atoms with Crippen molar-refractivity contribution in [3.63, 3.8) is 0 Å². The Morgan fingerprint density at radius 2 is 1.07 bits per heavy atom. The van der Waals surface area contributed by atoms with Crippen molar-refractivity contribution in [2.24, 2.45) is 0 Å². The summed E-state index contributed by atoms with van der Waals surface area (Å²) < 4.78 is 4.50. The van der Waals surface area contributed by atoms with Crippen molar-refractivity contribution in [3.05, 3.63) is 158 Å². The molecular weight excluding hydrogens is 536 g/mol. The van der Waals surface area contributed by atoms with Crippen molar-refractivity contribution in [1.29, 1.82) is 0 Å². The maximum absolute atomic E-state index is 5.25. The molecule has 9 aromatic rings. The van der Waals surface area contributed by atoms with Crippen molar-refractivity contribution in [1.82, 2.24) is 19.1 Å². The van der Waals surface area contributed by atoms with Gasteiger partial charge in [-0.15, -0.1) is 0 Å². The summed E-state index contributed by atoms with van der Waals surface area (Å²) in [6, 6.07) is 53.2. The molecular formula is C40H26N4. The molecule has 0 bridgehead atoms. The topological polar surface area (TPSA) is 35.6 Å². The smallest absolute Gasteiger partial charge is 0.235 e. The van der Waals surface area contributed by atoms with E-state index in [9.17, 15) is 0 Å². The van der Waals surface area contributed by atoms with Gasteiger partial charge in [0.25, 0.3) is 0 Å². The van der Waals surface area contributed by atoms with Gasteiger partial charge in [-0.1, -0.05) is 109 Å². The van der Waals surface area contributed by atoms with Crippen LogP contribution < -0.4 is 0 Å². The summed E-state index contributed by atoms with van der Waals surface area (Å²) in [5, 5.41) is 6.02. The second-order valence-electron chi connectivity index (χ2n) is 11.1. The van der Waals surface area contributed by atoms with E-state index in [2.05, 4.69) is 155 Å². The molecule has 0 radical (unpaired) electrons. The van der Waals surface area contributed by atoms with Crippen LogP contribution in [0.2, 0.25) is 0 Å². The summed E-state index contributed by atoms with van der Waals surface area (Å²) >= 11 is 0. The molecule has 0 aliphatic rings. The first-order valence-corrected chi connectivity index (χ1v) is 14.8. The van der Waals surface area contributed by atoms with Gasteiger partial charge in [0.15, 0.2) is 0 Å². The number of nitrogens with zero attached hydrogens (tertiary/aromatic N) is 4. The Morgan fingerprint density at radius 1 is 0.432 bits per heavy atom. The average Bonchev–Trinajstić information content (AvgIpc) is 3.67. The van der Waals surface area contributed by atoms with E-state index in [1.165, 1.54) is 26.9 Å². The first-order chi connectivity index (χ1) is 21.8. The molecule has 0 N–H and O–H groups in total. The second-order valence-corrected chi connectivity index (χ2v) is 11.1. The van der Waals surface area contributed by atoms with Crippen LogP contribution >= 0.6 is 0 Å². The zero-order valence-electron chi connectivity index (χ0n) is 23.8. The number of hydrogen-bond acceptors (Lipinski definition) is 2. The lowest BCUT2D eigenvalue weighted by Crippen LogP contribution is -2.04. The summed E-state index contributed by atoms with van der Waals surface area (Å²) in [5.74, 6) is 0.651. The van der Waals surface area contributed by atoms with Crippen molar-refractivity contribution in [3.8, 4) is 34.2 Å². The van der Waals surface area contributed by atoms with E-state index in [0.717, 1.165) is 44.8 Å². The van der Waals surface area contributed by atoms with E-state index in [-0.39, 0.29) is 0 Å². The first-order valence-electron chi connectivity index (χ1n) is 14.8. The van der Waals surface area contributed by atoms with Gasteiger partial charge in [0.1, 0.15) is 0 Å². The van der Waals surface area contributed by atoms with Gasteiger partial charge in [-0.05, 0) is 53.2 Å². The Hall–Kier alpha value is -6.00. The molecule has 0 saturated carbocycles. The Balaban J connectivity index is 1.42. The van der Waals surface area contributed by atoms with Crippen LogP contribution in [0.1, 0.15) is 0 Å². The number of rotatable bonds is 4. The molecule has 0 unspecified atom stereocenters. The minimum absolute atomic E-state index is 0.651. The molecule has 6 aromatic carbocycles. The van der Waals surface area contributed by atoms with Gasteiger partial charge in [0.05, 0.1) is 27.9 Å². The van der Waals surface area contributed by atoms with Crippen LogP contribution in [0, 0.1) is 0 Å². The molecule has 3 heterocycles. The fourth-order valence-electron chi connectivity index (χ4n) is 6.49. The summed E-state index contributed by atoms with van der Waals surface area (Å²) in [4.78, 5) is 10.5. The largest absolute Gasteiger partial charge is 0.316 e.